The molecule has 1 heterocycles. The predicted octanol–water partition coefficient (Wildman–Crippen LogP) is 3.45. The maximum absolute atomic E-state index is 12.5. The Hall–Kier alpha value is -3.39. The summed E-state index contributed by atoms with van der Waals surface area (Å²) in [6.45, 7) is 1.87. The number of aromatic nitrogens is 1. The molecule has 2 N–H and O–H groups in total. The first-order valence-corrected chi connectivity index (χ1v) is 9.86. The van der Waals surface area contributed by atoms with Crippen LogP contribution in [0.3, 0.4) is 0 Å². The predicted molar refractivity (Wildman–Crippen MR) is 107 cm³/mol. The van der Waals surface area contributed by atoms with Crippen LogP contribution in [0.15, 0.2) is 71.9 Å². The van der Waals surface area contributed by atoms with Crippen LogP contribution in [-0.4, -0.2) is 26.4 Å². The average molecular weight is 397 g/mol. The van der Waals surface area contributed by atoms with Crippen molar-refractivity contribution in [1.29, 1.82) is 0 Å². The second-order valence-corrected chi connectivity index (χ2v) is 7.75. The number of aryl methyl sites for hydroxylation is 1. The highest BCUT2D eigenvalue weighted by molar-refractivity contribution is 7.92. The lowest BCUT2D eigenvalue weighted by atomic mass is 10.2. The second kappa shape index (κ2) is 8.10. The van der Waals surface area contributed by atoms with E-state index in [-0.39, 0.29) is 16.1 Å². The maximum Gasteiger partial charge on any atom is 0.261 e. The van der Waals surface area contributed by atoms with Gasteiger partial charge in [-0.15, -0.1) is 0 Å². The molecule has 28 heavy (non-hydrogen) atoms. The van der Waals surface area contributed by atoms with Crippen LogP contribution in [0.5, 0.6) is 5.75 Å². The Morgan fingerprint density at radius 1 is 1.00 bits per heavy atom. The van der Waals surface area contributed by atoms with E-state index in [1.165, 1.54) is 37.7 Å². The van der Waals surface area contributed by atoms with Gasteiger partial charge in [-0.05, 0) is 37.3 Å². The first kappa shape index (κ1) is 19.4. The summed E-state index contributed by atoms with van der Waals surface area (Å²) >= 11 is 0. The number of carbonyl (C=O) groups excluding carboxylic acids is 1. The molecule has 0 aliphatic rings. The van der Waals surface area contributed by atoms with Gasteiger partial charge < -0.3 is 10.1 Å². The van der Waals surface area contributed by atoms with E-state index in [9.17, 15) is 13.2 Å². The van der Waals surface area contributed by atoms with Crippen molar-refractivity contribution in [3.05, 3.63) is 78.1 Å². The number of nitrogens with zero attached hydrogens (tertiary/aromatic N) is 1. The Morgan fingerprint density at radius 3 is 2.46 bits per heavy atom. The highest BCUT2D eigenvalue weighted by atomic mass is 32.2. The van der Waals surface area contributed by atoms with E-state index in [0.717, 1.165) is 5.56 Å². The number of pyridine rings is 1. The Kier molecular flexibility index (Phi) is 5.60. The number of amides is 1. The minimum atomic E-state index is -3.78. The molecule has 0 spiro atoms. The van der Waals surface area contributed by atoms with Crippen molar-refractivity contribution < 1.29 is 17.9 Å². The van der Waals surface area contributed by atoms with Crippen molar-refractivity contribution in [3.8, 4) is 5.75 Å². The van der Waals surface area contributed by atoms with Gasteiger partial charge in [0.25, 0.3) is 15.9 Å². The van der Waals surface area contributed by atoms with Gasteiger partial charge in [-0.2, -0.15) is 0 Å². The van der Waals surface area contributed by atoms with Crippen LogP contribution in [0, 0.1) is 6.92 Å². The SMILES string of the molecule is COc1cccc(NC(=O)c2cncc(NS(=O)(=O)c3ccc(C)cc3)c2)c1. The first-order chi connectivity index (χ1) is 13.4. The lowest BCUT2D eigenvalue weighted by molar-refractivity contribution is 0.102. The van der Waals surface area contributed by atoms with Crippen molar-refractivity contribution in [2.45, 2.75) is 11.8 Å². The molecule has 0 saturated carbocycles. The summed E-state index contributed by atoms with van der Waals surface area (Å²) in [7, 11) is -2.24. The number of hydrogen-bond donors (Lipinski definition) is 2. The Balaban J connectivity index is 1.77. The van der Waals surface area contributed by atoms with Gasteiger partial charge in [0.2, 0.25) is 0 Å². The summed E-state index contributed by atoms with van der Waals surface area (Å²) in [5.41, 5.74) is 1.91. The third-order valence-corrected chi connectivity index (χ3v) is 5.31. The van der Waals surface area contributed by atoms with Gasteiger partial charge in [-0.25, -0.2) is 8.42 Å². The number of benzene rings is 2. The molecular formula is C20H19N3O4S. The van der Waals surface area contributed by atoms with E-state index in [4.69, 9.17) is 4.74 Å². The van der Waals surface area contributed by atoms with Crippen LogP contribution in [0.1, 0.15) is 15.9 Å². The van der Waals surface area contributed by atoms with Crippen molar-refractivity contribution in [2.75, 3.05) is 17.1 Å². The fourth-order valence-corrected chi connectivity index (χ4v) is 3.49. The number of sulfonamides is 1. The molecule has 2 aromatic carbocycles. The Labute approximate surface area is 163 Å². The summed E-state index contributed by atoms with van der Waals surface area (Å²) in [5, 5.41) is 2.72. The van der Waals surface area contributed by atoms with Gasteiger partial charge in [-0.1, -0.05) is 23.8 Å². The van der Waals surface area contributed by atoms with E-state index in [0.29, 0.717) is 11.4 Å². The molecule has 3 rings (SSSR count). The van der Waals surface area contributed by atoms with Crippen LogP contribution in [0.2, 0.25) is 0 Å². The molecule has 0 radical (unpaired) electrons. The topological polar surface area (TPSA) is 97.4 Å². The smallest absolute Gasteiger partial charge is 0.261 e. The molecule has 144 valence electrons. The van der Waals surface area contributed by atoms with Crippen molar-refractivity contribution in [1.82, 2.24) is 4.98 Å². The van der Waals surface area contributed by atoms with Crippen LogP contribution >= 0.6 is 0 Å². The summed E-state index contributed by atoms with van der Waals surface area (Å²) < 4.78 is 32.6. The van der Waals surface area contributed by atoms with Gasteiger partial charge in [0, 0.05) is 18.0 Å². The highest BCUT2D eigenvalue weighted by Crippen LogP contribution is 2.19. The second-order valence-electron chi connectivity index (χ2n) is 6.07. The van der Waals surface area contributed by atoms with E-state index in [2.05, 4.69) is 15.0 Å². The summed E-state index contributed by atoms with van der Waals surface area (Å²) in [4.78, 5) is 16.6. The van der Waals surface area contributed by atoms with E-state index in [1.54, 1.807) is 36.4 Å². The quantitative estimate of drug-likeness (QED) is 0.664. The van der Waals surface area contributed by atoms with Gasteiger partial charge in [0.1, 0.15) is 5.75 Å². The number of rotatable bonds is 6. The number of ether oxygens (including phenoxy) is 1. The number of hydrogen-bond acceptors (Lipinski definition) is 5. The van der Waals surface area contributed by atoms with Crippen LogP contribution in [-0.2, 0) is 10.0 Å². The van der Waals surface area contributed by atoms with Crippen LogP contribution < -0.4 is 14.8 Å². The van der Waals surface area contributed by atoms with E-state index >= 15 is 0 Å². The number of anilines is 2. The fraction of sp³-hybridized carbons (Fsp3) is 0.100. The lowest BCUT2D eigenvalue weighted by Crippen LogP contribution is -2.15. The van der Waals surface area contributed by atoms with Gasteiger partial charge in [0.15, 0.2) is 0 Å². The van der Waals surface area contributed by atoms with Crippen LogP contribution in [0.25, 0.3) is 0 Å². The zero-order chi connectivity index (χ0) is 20.1. The third-order valence-electron chi connectivity index (χ3n) is 3.91. The molecule has 3 aromatic rings. The van der Waals surface area contributed by atoms with Crippen molar-refractivity contribution >= 4 is 27.3 Å². The molecule has 1 amide bonds. The normalized spacial score (nSPS) is 10.9. The van der Waals surface area contributed by atoms with Crippen molar-refractivity contribution in [2.24, 2.45) is 0 Å². The first-order valence-electron chi connectivity index (χ1n) is 8.37. The summed E-state index contributed by atoms with van der Waals surface area (Å²) in [5.74, 6) is 0.188. The average Bonchev–Trinajstić information content (AvgIpc) is 2.68. The molecule has 7 nitrogen and oxygen atoms in total. The minimum absolute atomic E-state index is 0.129. The number of carbonyl (C=O) groups is 1. The zero-order valence-electron chi connectivity index (χ0n) is 15.3. The lowest BCUT2D eigenvalue weighted by Gasteiger charge is -2.10. The number of nitrogens with one attached hydrogen (secondary N) is 2. The molecule has 0 bridgehead atoms. The molecule has 0 fully saturated rings. The number of methoxy groups -OCH3 is 1. The summed E-state index contributed by atoms with van der Waals surface area (Å²) in [6.07, 6.45) is 2.70. The largest absolute Gasteiger partial charge is 0.497 e. The highest BCUT2D eigenvalue weighted by Gasteiger charge is 2.15. The van der Waals surface area contributed by atoms with E-state index in [1.807, 2.05) is 6.92 Å². The molecular weight excluding hydrogens is 378 g/mol. The Bertz CT molecular complexity index is 1100. The van der Waals surface area contributed by atoms with Gasteiger partial charge >= 0.3 is 0 Å². The molecule has 0 unspecified atom stereocenters. The molecule has 0 aliphatic carbocycles. The summed E-state index contributed by atoms with van der Waals surface area (Å²) in [6, 6.07) is 14.8. The zero-order valence-corrected chi connectivity index (χ0v) is 16.2. The maximum atomic E-state index is 12.5. The van der Waals surface area contributed by atoms with E-state index < -0.39 is 15.9 Å². The van der Waals surface area contributed by atoms with Gasteiger partial charge in [0.05, 0.1) is 29.5 Å². The molecule has 0 atom stereocenters. The fourth-order valence-electron chi connectivity index (χ4n) is 2.46. The standard InChI is InChI=1S/C20H19N3O4S/c1-14-6-8-19(9-7-14)28(25,26)23-17-10-15(12-21-13-17)20(24)22-16-4-3-5-18(11-16)27-2/h3-13,23H,1-2H3,(H,22,24). The minimum Gasteiger partial charge on any atom is -0.497 e. The third kappa shape index (κ3) is 4.66. The Morgan fingerprint density at radius 2 is 1.75 bits per heavy atom. The van der Waals surface area contributed by atoms with Gasteiger partial charge in [-0.3, -0.25) is 14.5 Å². The van der Waals surface area contributed by atoms with Crippen molar-refractivity contribution in [3.63, 3.8) is 0 Å². The molecule has 0 saturated heterocycles. The monoisotopic (exact) mass is 397 g/mol. The molecule has 1 aromatic heterocycles. The molecule has 0 aliphatic heterocycles. The van der Waals surface area contributed by atoms with Crippen LogP contribution in [0.4, 0.5) is 11.4 Å². The molecule has 8 heteroatoms.